The van der Waals surface area contributed by atoms with Gasteiger partial charge in [-0.25, -0.2) is 0 Å². The fourth-order valence-corrected chi connectivity index (χ4v) is 1.61. The van der Waals surface area contributed by atoms with Crippen molar-refractivity contribution in [3.05, 3.63) is 0 Å². The Kier molecular flexibility index (Phi) is 5.17. The van der Waals surface area contributed by atoms with Gasteiger partial charge in [0, 0.05) is 0 Å². The van der Waals surface area contributed by atoms with Crippen LogP contribution in [0.5, 0.6) is 0 Å². The minimum atomic E-state index is -0.912. The van der Waals surface area contributed by atoms with Crippen LogP contribution in [0, 0.1) is 0 Å². The Morgan fingerprint density at radius 3 is 2.70 bits per heavy atom. The van der Waals surface area contributed by atoms with Crippen molar-refractivity contribution < 1.29 is 9.90 Å². The molecular formula is C5H11NO2SSe. The minimum absolute atomic E-state index is 0.179. The average molecular weight is 228 g/mol. The standard InChI is InChI=1S/C5H11NO2SSe/c1-9(10)3-2-4(6)5(7)8/h4H,2-3,6H2,1H3,(H,7,8)/t4-,9?/m0/s1. The van der Waals surface area contributed by atoms with E-state index in [0.717, 1.165) is 5.75 Å². The molecule has 0 aliphatic rings. The predicted molar refractivity (Wildman–Crippen MR) is 44.4 cm³/mol. The van der Waals surface area contributed by atoms with Crippen LogP contribution in [0.25, 0.3) is 0 Å². The van der Waals surface area contributed by atoms with Crippen LogP contribution in [0.15, 0.2) is 0 Å². The van der Waals surface area contributed by atoms with Crippen LogP contribution in [-0.4, -0.2) is 43.5 Å². The first-order valence-electron chi connectivity index (χ1n) is 2.82. The van der Waals surface area contributed by atoms with Crippen molar-refractivity contribution in [1.29, 1.82) is 0 Å². The molecule has 2 atom stereocenters. The SMILES string of the molecule is CS(=[Se])CC[C@H](N)C(=O)O. The molecule has 0 aliphatic heterocycles. The molecule has 5 heteroatoms. The third kappa shape index (κ3) is 5.11. The number of hydrogen-bond acceptors (Lipinski definition) is 2. The van der Waals surface area contributed by atoms with Gasteiger partial charge in [0.2, 0.25) is 0 Å². The normalized spacial score (nSPS) is 16.2. The molecule has 0 radical (unpaired) electrons. The van der Waals surface area contributed by atoms with Crippen molar-refractivity contribution in [3.8, 4) is 0 Å². The van der Waals surface area contributed by atoms with Crippen molar-refractivity contribution in [2.75, 3.05) is 12.0 Å². The summed E-state index contributed by atoms with van der Waals surface area (Å²) in [5, 5.41) is 8.36. The van der Waals surface area contributed by atoms with E-state index in [-0.39, 0.29) is 8.82 Å². The summed E-state index contributed by atoms with van der Waals surface area (Å²) in [4.78, 5) is 10.2. The van der Waals surface area contributed by atoms with Gasteiger partial charge in [0.05, 0.1) is 0 Å². The number of aliphatic carboxylic acids is 1. The molecule has 0 fully saturated rings. The Morgan fingerprint density at radius 1 is 1.90 bits per heavy atom. The number of carboxylic acid groups (broad SMARTS) is 1. The van der Waals surface area contributed by atoms with E-state index >= 15 is 0 Å². The topological polar surface area (TPSA) is 63.3 Å². The maximum atomic E-state index is 10.2. The first-order valence-corrected chi connectivity index (χ1v) is 6.65. The molecule has 1 unspecified atom stereocenters. The number of rotatable bonds is 4. The van der Waals surface area contributed by atoms with E-state index in [4.69, 9.17) is 10.8 Å². The zero-order valence-corrected chi connectivity index (χ0v) is 8.27. The molecule has 0 saturated carbocycles. The zero-order chi connectivity index (χ0) is 8.15. The number of carbonyl (C=O) groups is 1. The summed E-state index contributed by atoms with van der Waals surface area (Å²) in [6.45, 7) is 0. The molecular weight excluding hydrogens is 217 g/mol. The monoisotopic (exact) mass is 229 g/mol. The molecule has 0 rings (SSSR count). The molecule has 0 spiro atoms. The summed E-state index contributed by atoms with van der Waals surface area (Å²) < 4.78 is 0. The van der Waals surface area contributed by atoms with E-state index in [2.05, 4.69) is 14.4 Å². The number of carboxylic acids is 1. The van der Waals surface area contributed by atoms with Crippen LogP contribution in [0.2, 0.25) is 0 Å². The van der Waals surface area contributed by atoms with Crippen LogP contribution in [0.3, 0.4) is 0 Å². The summed E-state index contributed by atoms with van der Waals surface area (Å²) >= 11 is 2.91. The Balaban J connectivity index is 3.49. The molecule has 3 N–H and O–H groups in total. The molecule has 0 heterocycles. The van der Waals surface area contributed by atoms with E-state index in [1.165, 1.54) is 0 Å². The van der Waals surface area contributed by atoms with Gasteiger partial charge in [-0.1, -0.05) is 0 Å². The fourth-order valence-electron chi connectivity index (χ4n) is 0.416. The van der Waals surface area contributed by atoms with Crippen molar-refractivity contribution in [3.63, 3.8) is 0 Å². The van der Waals surface area contributed by atoms with Crippen molar-refractivity contribution in [1.82, 2.24) is 0 Å². The van der Waals surface area contributed by atoms with Gasteiger partial charge in [-0.3, -0.25) is 0 Å². The summed E-state index contributed by atoms with van der Waals surface area (Å²) in [5.74, 6) is -0.0570. The summed E-state index contributed by atoms with van der Waals surface area (Å²) in [6.07, 6.45) is 2.58. The molecule has 10 heavy (non-hydrogen) atoms. The molecule has 0 aliphatic carbocycles. The van der Waals surface area contributed by atoms with Gasteiger partial charge >= 0.3 is 69.3 Å². The molecule has 0 aromatic carbocycles. The number of hydrogen-bond donors (Lipinski definition) is 2. The Labute approximate surface area is 69.6 Å². The van der Waals surface area contributed by atoms with Crippen LogP contribution in [0.1, 0.15) is 6.42 Å². The molecule has 60 valence electrons. The molecule has 0 amide bonds. The van der Waals surface area contributed by atoms with Gasteiger partial charge in [0.15, 0.2) is 0 Å². The van der Waals surface area contributed by atoms with Gasteiger partial charge in [0.1, 0.15) is 0 Å². The van der Waals surface area contributed by atoms with Crippen LogP contribution < -0.4 is 5.73 Å². The average Bonchev–Trinajstić information content (AvgIpc) is 1.82. The van der Waals surface area contributed by atoms with Crippen molar-refractivity contribution in [2.45, 2.75) is 12.5 Å². The third-order valence-corrected chi connectivity index (χ3v) is 2.89. The molecule has 0 aromatic heterocycles. The molecule has 3 nitrogen and oxygen atoms in total. The number of nitrogens with two attached hydrogens (primary N) is 1. The van der Waals surface area contributed by atoms with E-state index < -0.39 is 12.0 Å². The first kappa shape index (κ1) is 10.3. The summed E-state index contributed by atoms with van der Waals surface area (Å²) in [5.41, 5.74) is 5.26. The third-order valence-electron chi connectivity index (χ3n) is 1.03. The van der Waals surface area contributed by atoms with Gasteiger partial charge in [0.25, 0.3) is 0 Å². The van der Waals surface area contributed by atoms with E-state index in [9.17, 15) is 4.79 Å². The molecule has 0 aromatic rings. The first-order chi connectivity index (χ1) is 4.54. The Bertz CT molecular complexity index is 151. The van der Waals surface area contributed by atoms with Crippen molar-refractivity contribution >= 4 is 29.2 Å². The second-order valence-corrected chi connectivity index (χ2v) is 7.15. The summed E-state index contributed by atoms with van der Waals surface area (Å²) in [7, 11) is 0.179. The molecule has 0 saturated heterocycles. The van der Waals surface area contributed by atoms with Gasteiger partial charge < -0.3 is 0 Å². The van der Waals surface area contributed by atoms with Crippen LogP contribution in [-0.2, 0) is 4.79 Å². The maximum absolute atomic E-state index is 10.2. The Hall–Kier alpha value is 0.299. The van der Waals surface area contributed by atoms with Crippen LogP contribution in [0.4, 0.5) is 0 Å². The second-order valence-electron chi connectivity index (χ2n) is 2.01. The summed E-state index contributed by atoms with van der Waals surface area (Å²) in [6, 6.07) is -0.691. The molecule has 0 bridgehead atoms. The Morgan fingerprint density at radius 2 is 2.40 bits per heavy atom. The van der Waals surface area contributed by atoms with E-state index in [1.54, 1.807) is 0 Å². The van der Waals surface area contributed by atoms with Crippen LogP contribution >= 0.6 is 8.82 Å². The second kappa shape index (κ2) is 5.02. The van der Waals surface area contributed by atoms with Gasteiger partial charge in [-0.15, -0.1) is 0 Å². The van der Waals surface area contributed by atoms with E-state index in [0.29, 0.717) is 6.42 Å². The van der Waals surface area contributed by atoms with Gasteiger partial charge in [-0.2, -0.15) is 0 Å². The zero-order valence-electron chi connectivity index (χ0n) is 5.74. The van der Waals surface area contributed by atoms with E-state index in [1.807, 2.05) is 6.26 Å². The van der Waals surface area contributed by atoms with Crippen molar-refractivity contribution in [2.24, 2.45) is 5.73 Å². The quantitative estimate of drug-likeness (QED) is 0.653. The van der Waals surface area contributed by atoms with Gasteiger partial charge in [-0.05, 0) is 0 Å². The predicted octanol–water partition coefficient (Wildman–Crippen LogP) is -0.229. The fraction of sp³-hybridized carbons (Fsp3) is 0.800.